The van der Waals surface area contributed by atoms with Gasteiger partial charge in [-0.3, -0.25) is 10.1 Å². The van der Waals surface area contributed by atoms with Crippen molar-refractivity contribution >= 4 is 17.3 Å². The molecular formula is C9H5ClN2O3. The van der Waals surface area contributed by atoms with Gasteiger partial charge in [0.1, 0.15) is 0 Å². The van der Waals surface area contributed by atoms with Crippen molar-refractivity contribution in [2.75, 3.05) is 0 Å². The molecule has 0 radical (unpaired) electrons. The van der Waals surface area contributed by atoms with Gasteiger partial charge < -0.3 is 4.42 Å². The van der Waals surface area contributed by atoms with Gasteiger partial charge in [-0.1, -0.05) is 11.6 Å². The molecule has 2 rings (SSSR count). The van der Waals surface area contributed by atoms with Crippen LogP contribution >= 0.6 is 11.6 Å². The zero-order chi connectivity index (χ0) is 10.8. The highest BCUT2D eigenvalue weighted by atomic mass is 35.5. The molecule has 0 spiro atoms. The summed E-state index contributed by atoms with van der Waals surface area (Å²) in [5.74, 6) is 0.406. The summed E-state index contributed by atoms with van der Waals surface area (Å²) in [5.41, 5.74) is 0.425. The lowest BCUT2D eigenvalue weighted by Crippen LogP contribution is -1.88. The fraction of sp³-hybridized carbons (Fsp3) is 0. The number of benzene rings is 1. The number of halogens is 1. The number of nitro groups is 1. The number of aromatic nitrogens is 1. The molecular weight excluding hydrogens is 220 g/mol. The minimum absolute atomic E-state index is 0.0363. The molecule has 1 aromatic heterocycles. The van der Waals surface area contributed by atoms with Gasteiger partial charge in [0.2, 0.25) is 0 Å². The lowest BCUT2D eigenvalue weighted by Gasteiger charge is -1.99. The Hall–Kier alpha value is -1.88. The van der Waals surface area contributed by atoms with E-state index in [1.807, 2.05) is 0 Å². The van der Waals surface area contributed by atoms with Crippen LogP contribution in [0.4, 0.5) is 5.69 Å². The van der Waals surface area contributed by atoms with Gasteiger partial charge in [-0.15, -0.1) is 0 Å². The Labute approximate surface area is 89.5 Å². The first-order valence-corrected chi connectivity index (χ1v) is 4.39. The second kappa shape index (κ2) is 3.70. The Bertz CT molecular complexity index is 496. The van der Waals surface area contributed by atoms with Crippen molar-refractivity contribution in [2.24, 2.45) is 0 Å². The van der Waals surface area contributed by atoms with E-state index in [0.29, 0.717) is 16.3 Å². The van der Waals surface area contributed by atoms with Crippen LogP contribution in [0.3, 0.4) is 0 Å². The van der Waals surface area contributed by atoms with Gasteiger partial charge >= 0.3 is 0 Å². The third-order valence-corrected chi connectivity index (χ3v) is 2.19. The van der Waals surface area contributed by atoms with Crippen molar-refractivity contribution in [2.45, 2.75) is 0 Å². The lowest BCUT2D eigenvalue weighted by atomic mass is 10.1. The predicted octanol–water partition coefficient (Wildman–Crippen LogP) is 2.90. The Balaban J connectivity index is 2.55. The van der Waals surface area contributed by atoms with Crippen molar-refractivity contribution in [1.29, 1.82) is 0 Å². The molecule has 1 aromatic carbocycles. The molecule has 0 aliphatic heterocycles. The average molecular weight is 225 g/mol. The van der Waals surface area contributed by atoms with Crippen molar-refractivity contribution in [3.8, 4) is 11.3 Å². The summed E-state index contributed by atoms with van der Waals surface area (Å²) in [6.45, 7) is 0. The van der Waals surface area contributed by atoms with Crippen LogP contribution < -0.4 is 0 Å². The third-order valence-electron chi connectivity index (χ3n) is 1.86. The number of nitrogens with zero attached hydrogens (tertiary/aromatic N) is 2. The number of non-ortho nitro benzene ring substituents is 1. The molecule has 6 heteroatoms. The maximum Gasteiger partial charge on any atom is 0.270 e. The molecule has 1 heterocycles. The van der Waals surface area contributed by atoms with E-state index in [1.54, 1.807) is 0 Å². The van der Waals surface area contributed by atoms with Crippen LogP contribution in [-0.4, -0.2) is 9.91 Å². The summed E-state index contributed by atoms with van der Waals surface area (Å²) in [5, 5.41) is 10.9. The second-order valence-electron chi connectivity index (χ2n) is 2.79. The summed E-state index contributed by atoms with van der Waals surface area (Å²) in [4.78, 5) is 13.8. The van der Waals surface area contributed by atoms with E-state index in [1.165, 1.54) is 30.8 Å². The quantitative estimate of drug-likeness (QED) is 0.581. The third kappa shape index (κ3) is 1.82. The smallest absolute Gasteiger partial charge is 0.270 e. The number of hydrogen-bond acceptors (Lipinski definition) is 4. The molecule has 0 aliphatic carbocycles. The van der Waals surface area contributed by atoms with Crippen LogP contribution in [0.5, 0.6) is 0 Å². The van der Waals surface area contributed by atoms with Crippen LogP contribution in [0.1, 0.15) is 0 Å². The molecule has 5 nitrogen and oxygen atoms in total. The predicted molar refractivity (Wildman–Crippen MR) is 53.6 cm³/mol. The summed E-state index contributed by atoms with van der Waals surface area (Å²) in [6.07, 6.45) is 2.69. The van der Waals surface area contributed by atoms with Crippen molar-refractivity contribution in [3.05, 3.63) is 45.9 Å². The molecule has 0 aliphatic rings. The van der Waals surface area contributed by atoms with Crippen LogP contribution in [0.25, 0.3) is 11.3 Å². The normalized spacial score (nSPS) is 10.2. The van der Waals surface area contributed by atoms with Crippen LogP contribution in [0, 0.1) is 10.1 Å². The Morgan fingerprint density at radius 1 is 1.47 bits per heavy atom. The molecule has 0 saturated carbocycles. The summed E-state index contributed by atoms with van der Waals surface area (Å²) >= 11 is 5.88. The number of rotatable bonds is 2. The second-order valence-corrected chi connectivity index (χ2v) is 3.19. The van der Waals surface area contributed by atoms with E-state index in [4.69, 9.17) is 16.0 Å². The summed E-state index contributed by atoms with van der Waals surface area (Å²) in [7, 11) is 0. The van der Waals surface area contributed by atoms with Crippen LogP contribution in [-0.2, 0) is 0 Å². The summed E-state index contributed by atoms with van der Waals surface area (Å²) in [6, 6.07) is 4.14. The molecule has 2 aromatic rings. The standard InChI is InChI=1S/C9H5ClN2O3/c10-8-2-1-6(12(13)14)3-7(8)9-4-11-5-15-9/h1-5H. The highest BCUT2D eigenvalue weighted by molar-refractivity contribution is 6.33. The molecule has 0 amide bonds. The number of nitro benzene ring substituents is 1. The lowest BCUT2D eigenvalue weighted by molar-refractivity contribution is -0.384. The van der Waals surface area contributed by atoms with Gasteiger partial charge in [0.15, 0.2) is 12.2 Å². The van der Waals surface area contributed by atoms with E-state index in [-0.39, 0.29) is 5.69 Å². The van der Waals surface area contributed by atoms with Gasteiger partial charge in [-0.2, -0.15) is 0 Å². The minimum atomic E-state index is -0.490. The Morgan fingerprint density at radius 3 is 2.87 bits per heavy atom. The molecule has 0 N–H and O–H groups in total. The van der Waals surface area contributed by atoms with Crippen LogP contribution in [0.15, 0.2) is 35.2 Å². The molecule has 0 bridgehead atoms. The van der Waals surface area contributed by atoms with Gasteiger partial charge in [0, 0.05) is 17.7 Å². The van der Waals surface area contributed by atoms with E-state index < -0.39 is 4.92 Å². The van der Waals surface area contributed by atoms with Crippen molar-refractivity contribution in [1.82, 2.24) is 4.98 Å². The van der Waals surface area contributed by atoms with E-state index >= 15 is 0 Å². The molecule has 0 saturated heterocycles. The Kier molecular flexibility index (Phi) is 2.39. The molecule has 0 unspecified atom stereocenters. The van der Waals surface area contributed by atoms with E-state index in [9.17, 15) is 10.1 Å². The molecule has 76 valence electrons. The zero-order valence-electron chi connectivity index (χ0n) is 7.38. The largest absolute Gasteiger partial charge is 0.443 e. The summed E-state index contributed by atoms with van der Waals surface area (Å²) < 4.78 is 5.02. The zero-order valence-corrected chi connectivity index (χ0v) is 8.14. The van der Waals surface area contributed by atoms with Gasteiger partial charge in [-0.25, -0.2) is 4.98 Å². The first-order valence-electron chi connectivity index (χ1n) is 4.01. The molecule has 0 atom stereocenters. The fourth-order valence-electron chi connectivity index (χ4n) is 1.16. The topological polar surface area (TPSA) is 69.2 Å². The van der Waals surface area contributed by atoms with Crippen molar-refractivity contribution < 1.29 is 9.34 Å². The van der Waals surface area contributed by atoms with Crippen LogP contribution in [0.2, 0.25) is 5.02 Å². The fourth-order valence-corrected chi connectivity index (χ4v) is 1.38. The minimum Gasteiger partial charge on any atom is -0.443 e. The maximum absolute atomic E-state index is 10.6. The number of hydrogen-bond donors (Lipinski definition) is 0. The maximum atomic E-state index is 10.6. The van der Waals surface area contributed by atoms with Gasteiger partial charge in [0.25, 0.3) is 5.69 Å². The first-order chi connectivity index (χ1) is 7.18. The molecule has 15 heavy (non-hydrogen) atoms. The van der Waals surface area contributed by atoms with E-state index in [0.717, 1.165) is 0 Å². The highest BCUT2D eigenvalue weighted by Gasteiger charge is 2.13. The average Bonchev–Trinajstić information content (AvgIpc) is 2.71. The van der Waals surface area contributed by atoms with Crippen molar-refractivity contribution in [3.63, 3.8) is 0 Å². The van der Waals surface area contributed by atoms with Gasteiger partial charge in [-0.05, 0) is 6.07 Å². The number of oxazole rings is 1. The Morgan fingerprint density at radius 2 is 2.27 bits per heavy atom. The monoisotopic (exact) mass is 224 g/mol. The van der Waals surface area contributed by atoms with E-state index in [2.05, 4.69) is 4.98 Å². The molecule has 0 fully saturated rings. The SMILES string of the molecule is O=[N+]([O-])c1ccc(Cl)c(-c2cnco2)c1. The van der Waals surface area contributed by atoms with Gasteiger partial charge in [0.05, 0.1) is 16.1 Å². The highest BCUT2D eigenvalue weighted by Crippen LogP contribution is 2.30. The first kappa shape index (κ1) is 9.67.